The summed E-state index contributed by atoms with van der Waals surface area (Å²) in [6.07, 6.45) is -10.8. The molecule has 4 rings (SSSR count). The van der Waals surface area contributed by atoms with Crippen LogP contribution in [0.4, 0.5) is 0 Å². The first-order valence-electron chi connectivity index (χ1n) is 12.9. The molecule has 0 spiro atoms. The second-order valence-corrected chi connectivity index (χ2v) is 10.3. The van der Waals surface area contributed by atoms with Crippen molar-refractivity contribution in [2.45, 2.75) is 97.8 Å². The second-order valence-electron chi connectivity index (χ2n) is 10.3. The summed E-state index contributed by atoms with van der Waals surface area (Å²) in [5.41, 5.74) is 16.4. The maximum atomic E-state index is 11.1. The normalized spacial score (nSPS) is 49.8. The number of dihydropyridines is 1. The van der Waals surface area contributed by atoms with Gasteiger partial charge >= 0.3 is 0 Å². The van der Waals surface area contributed by atoms with Gasteiger partial charge in [-0.3, -0.25) is 0 Å². The largest absolute Gasteiger partial charge is 0.394 e. The fourth-order valence-electron chi connectivity index (χ4n) is 5.27. The molecule has 0 saturated carbocycles. The molecule has 3 saturated heterocycles. The summed E-state index contributed by atoms with van der Waals surface area (Å²) in [6, 6.07) is -4.02. The summed E-state index contributed by atoms with van der Waals surface area (Å²) >= 11 is 0. The molecule has 40 heavy (non-hydrogen) atoms. The molecule has 0 aromatic carbocycles. The van der Waals surface area contributed by atoms with Crippen molar-refractivity contribution in [2.75, 3.05) is 19.8 Å². The van der Waals surface area contributed by atoms with E-state index in [9.17, 15) is 40.9 Å². The van der Waals surface area contributed by atoms with Crippen LogP contribution in [-0.2, 0) is 23.7 Å². The molecule has 0 aliphatic carbocycles. The number of hydrogen-bond acceptors (Lipinski definition) is 17. The van der Waals surface area contributed by atoms with Crippen LogP contribution >= 0.6 is 0 Å². The minimum Gasteiger partial charge on any atom is -0.394 e. The Morgan fingerprint density at radius 2 is 1.40 bits per heavy atom. The first kappa shape index (κ1) is 31.6. The zero-order valence-electron chi connectivity index (χ0n) is 21.5. The van der Waals surface area contributed by atoms with Crippen LogP contribution in [0.2, 0.25) is 0 Å². The number of aliphatic hydroxyl groups is 8. The molecule has 15 N–H and O–H groups in total. The van der Waals surface area contributed by atoms with Crippen LogP contribution in [0.5, 0.6) is 0 Å². The lowest BCUT2D eigenvalue weighted by Gasteiger charge is -2.51. The average molecular weight is 581 g/mol. The third-order valence-corrected chi connectivity index (χ3v) is 7.75. The van der Waals surface area contributed by atoms with E-state index in [1.54, 1.807) is 18.4 Å². The highest BCUT2D eigenvalue weighted by atomic mass is 16.7. The number of nitrogens with two attached hydrogens (primary N) is 3. The Bertz CT molecular complexity index is 912. The van der Waals surface area contributed by atoms with Crippen molar-refractivity contribution in [3.05, 3.63) is 24.0 Å². The van der Waals surface area contributed by atoms with E-state index in [0.29, 0.717) is 6.42 Å². The number of allylic oxidation sites excluding steroid dienone is 2. The smallest absolute Gasteiger partial charge is 0.177 e. The van der Waals surface area contributed by atoms with Gasteiger partial charge in [-0.05, 0) is 12.6 Å². The highest BCUT2D eigenvalue weighted by Crippen LogP contribution is 2.37. The molecular weight excluding hydrogens is 540 g/mol. The Hall–Kier alpha value is -1.36. The van der Waals surface area contributed by atoms with Crippen molar-refractivity contribution in [1.82, 2.24) is 5.32 Å². The monoisotopic (exact) mass is 580 g/mol. The molecule has 17 heteroatoms. The highest BCUT2D eigenvalue weighted by molar-refractivity contribution is 5.27. The third-order valence-electron chi connectivity index (χ3n) is 7.75. The van der Waals surface area contributed by atoms with Gasteiger partial charge in [0.25, 0.3) is 0 Å². The van der Waals surface area contributed by atoms with Gasteiger partial charge in [-0.2, -0.15) is 0 Å². The van der Waals surface area contributed by atoms with Crippen LogP contribution in [0.15, 0.2) is 24.0 Å². The van der Waals surface area contributed by atoms with Crippen molar-refractivity contribution in [2.24, 2.45) is 17.2 Å². The average Bonchev–Trinajstić information content (AvgIpc) is 2.97. The summed E-state index contributed by atoms with van der Waals surface area (Å²) < 4.78 is 28.5. The first-order valence-corrected chi connectivity index (χ1v) is 12.9. The van der Waals surface area contributed by atoms with Crippen LogP contribution in [0.1, 0.15) is 6.42 Å². The van der Waals surface area contributed by atoms with Gasteiger partial charge in [0.2, 0.25) is 0 Å². The summed E-state index contributed by atoms with van der Waals surface area (Å²) in [5.74, 6) is 0. The molecule has 4 heterocycles. The predicted molar refractivity (Wildman–Crippen MR) is 131 cm³/mol. The summed E-state index contributed by atoms with van der Waals surface area (Å²) in [5, 5.41) is 85.8. The third kappa shape index (κ3) is 5.66. The number of aliphatic hydroxyl groups excluding tert-OH is 8. The van der Waals surface area contributed by atoms with E-state index in [-0.39, 0.29) is 5.70 Å². The van der Waals surface area contributed by atoms with Gasteiger partial charge in [-0.25, -0.2) is 0 Å². The van der Waals surface area contributed by atoms with Gasteiger partial charge in [-0.15, -0.1) is 0 Å². The quantitative estimate of drug-likeness (QED) is 0.127. The van der Waals surface area contributed by atoms with Crippen molar-refractivity contribution < 1.29 is 64.5 Å². The Balaban J connectivity index is 1.52. The van der Waals surface area contributed by atoms with E-state index in [1.807, 2.05) is 0 Å². The highest BCUT2D eigenvalue weighted by Gasteiger charge is 2.57. The Morgan fingerprint density at radius 3 is 1.98 bits per heavy atom. The molecule has 0 bridgehead atoms. The maximum absolute atomic E-state index is 11.1. The molecule has 0 amide bonds. The minimum absolute atomic E-state index is 0.254. The van der Waals surface area contributed by atoms with Crippen molar-refractivity contribution in [3.8, 4) is 0 Å². The topological polar surface area (TPSA) is 298 Å². The van der Waals surface area contributed by atoms with Gasteiger partial charge < -0.3 is 87.1 Å². The standard InChI is InChI=1S/C23H40N4O13/c24-11-14(31)17(8(5-28)36-20(11)35)38-21-12(25)15(32)18(9(6-29)37-21)39-22-13(26)16(33)19(34)23(7-30,40-22)10-3-1-2-4-27-10/h2-4,8-9,11-22,27-35H,1,5-7,24-26H2/t8-,9-,11?,12?,13-,14?,15-,16-,17?,18?,19+,20?,21+,22-,23+/m1/s1. The molecule has 6 unspecified atom stereocenters. The predicted octanol–water partition coefficient (Wildman–Crippen LogP) is -6.91. The lowest BCUT2D eigenvalue weighted by atomic mass is 9.83. The number of nitrogens with one attached hydrogen (secondary N) is 1. The molecule has 0 aromatic heterocycles. The van der Waals surface area contributed by atoms with Crippen molar-refractivity contribution >= 4 is 0 Å². The fourth-order valence-corrected chi connectivity index (χ4v) is 5.27. The maximum Gasteiger partial charge on any atom is 0.177 e. The number of ether oxygens (including phenoxy) is 5. The molecule has 0 radical (unpaired) electrons. The van der Waals surface area contributed by atoms with Crippen LogP contribution < -0.4 is 22.5 Å². The van der Waals surface area contributed by atoms with E-state index in [4.69, 9.17) is 40.9 Å². The molecular formula is C23H40N4O13. The van der Waals surface area contributed by atoms with Crippen LogP contribution in [0, 0.1) is 0 Å². The molecule has 230 valence electrons. The molecule has 0 aromatic rings. The fraction of sp³-hybridized carbons (Fsp3) is 0.826. The van der Waals surface area contributed by atoms with E-state index in [0.717, 1.165) is 0 Å². The first-order chi connectivity index (χ1) is 19.0. The van der Waals surface area contributed by atoms with Crippen LogP contribution in [0.25, 0.3) is 0 Å². The SMILES string of the molecule is NC1C(O)O[C@H](CO)C(O[C@@H]2O[C@H](CO)C(O[C@@H]3O[C@@](CO)(C4=CCC=CN4)[C@@H](O)[C@H](O)[C@H]3N)[C@H](O)C2N)C1O. The zero-order valence-corrected chi connectivity index (χ0v) is 21.5. The molecule has 17 nitrogen and oxygen atoms in total. The van der Waals surface area contributed by atoms with E-state index in [2.05, 4.69) is 5.32 Å². The van der Waals surface area contributed by atoms with E-state index >= 15 is 0 Å². The molecule has 3 fully saturated rings. The van der Waals surface area contributed by atoms with Crippen molar-refractivity contribution in [3.63, 3.8) is 0 Å². The molecule has 4 aliphatic heterocycles. The van der Waals surface area contributed by atoms with E-state index < -0.39 is 111 Å². The Morgan fingerprint density at radius 1 is 0.825 bits per heavy atom. The number of hydrogen-bond donors (Lipinski definition) is 12. The molecule has 15 atom stereocenters. The molecule has 4 aliphatic rings. The van der Waals surface area contributed by atoms with Gasteiger partial charge in [0, 0.05) is 5.70 Å². The Labute approximate surface area is 229 Å². The van der Waals surface area contributed by atoms with Crippen molar-refractivity contribution in [1.29, 1.82) is 0 Å². The Kier molecular flexibility index (Phi) is 10.2. The lowest BCUT2D eigenvalue weighted by Crippen LogP contribution is -2.72. The van der Waals surface area contributed by atoms with Gasteiger partial charge in [-0.1, -0.05) is 12.2 Å². The van der Waals surface area contributed by atoms with Gasteiger partial charge in [0.1, 0.15) is 48.8 Å². The summed E-state index contributed by atoms with van der Waals surface area (Å²) in [4.78, 5) is 0. The zero-order chi connectivity index (χ0) is 29.4. The lowest BCUT2D eigenvalue weighted by molar-refractivity contribution is -0.356. The van der Waals surface area contributed by atoms with Gasteiger partial charge in [0.15, 0.2) is 24.5 Å². The summed E-state index contributed by atoms with van der Waals surface area (Å²) in [7, 11) is 0. The van der Waals surface area contributed by atoms with Crippen LogP contribution in [-0.4, -0.2) is 152 Å². The minimum atomic E-state index is -1.87. The second kappa shape index (κ2) is 12.9. The van der Waals surface area contributed by atoms with Crippen LogP contribution in [0.3, 0.4) is 0 Å². The number of rotatable bonds is 8. The summed E-state index contributed by atoms with van der Waals surface area (Å²) in [6.45, 7) is -2.17. The van der Waals surface area contributed by atoms with Gasteiger partial charge in [0.05, 0.1) is 37.9 Å². The van der Waals surface area contributed by atoms with E-state index in [1.165, 1.54) is 0 Å².